The van der Waals surface area contributed by atoms with Gasteiger partial charge in [-0.15, -0.1) is 0 Å². The average molecular weight is 351 g/mol. The number of amides is 1. The molecule has 4 heteroatoms. The second-order valence-electron chi connectivity index (χ2n) is 7.56. The quantitative estimate of drug-likeness (QED) is 0.833. The third-order valence-corrected chi connectivity index (χ3v) is 5.77. The van der Waals surface area contributed by atoms with Gasteiger partial charge in [0.1, 0.15) is 5.76 Å². The Labute approximate surface area is 154 Å². The molecular formula is C22H25NO3. The highest BCUT2D eigenvalue weighted by Gasteiger charge is 2.32. The Balaban J connectivity index is 1.42. The molecule has 1 aromatic heterocycles. The lowest BCUT2D eigenvalue weighted by molar-refractivity contribution is 0.0655. The molecular weight excluding hydrogens is 326 g/mol. The normalized spacial score (nSPS) is 18.0. The molecule has 0 saturated carbocycles. The predicted molar refractivity (Wildman–Crippen MR) is 99.5 cm³/mol. The maximum Gasteiger partial charge on any atom is 0.289 e. The highest BCUT2D eigenvalue weighted by molar-refractivity contribution is 6.03. The Morgan fingerprint density at radius 2 is 1.88 bits per heavy atom. The molecule has 136 valence electrons. The van der Waals surface area contributed by atoms with Crippen LogP contribution in [0.5, 0.6) is 0 Å². The van der Waals surface area contributed by atoms with Crippen molar-refractivity contribution < 1.29 is 14.0 Å². The summed E-state index contributed by atoms with van der Waals surface area (Å²) in [6, 6.07) is 10.5. The van der Waals surface area contributed by atoms with Crippen LogP contribution in [0.15, 0.2) is 34.7 Å². The molecule has 0 unspecified atom stereocenters. The predicted octanol–water partition coefficient (Wildman–Crippen LogP) is 4.20. The fourth-order valence-electron chi connectivity index (χ4n) is 4.28. The fourth-order valence-corrected chi connectivity index (χ4v) is 4.28. The van der Waals surface area contributed by atoms with Crippen LogP contribution in [0.25, 0.3) is 0 Å². The highest BCUT2D eigenvalue weighted by atomic mass is 16.4. The number of ketones is 1. The van der Waals surface area contributed by atoms with Gasteiger partial charge in [0.2, 0.25) is 0 Å². The highest BCUT2D eigenvalue weighted by Crippen LogP contribution is 2.31. The van der Waals surface area contributed by atoms with Gasteiger partial charge >= 0.3 is 0 Å². The topological polar surface area (TPSA) is 50.5 Å². The first kappa shape index (κ1) is 17.1. The summed E-state index contributed by atoms with van der Waals surface area (Å²) in [4.78, 5) is 27.0. The molecule has 2 aliphatic rings. The van der Waals surface area contributed by atoms with Crippen molar-refractivity contribution in [3.8, 4) is 0 Å². The number of benzene rings is 1. The number of carbonyl (C=O) groups is 2. The number of piperidine rings is 1. The number of furan rings is 1. The van der Waals surface area contributed by atoms with E-state index in [2.05, 4.69) is 24.3 Å². The van der Waals surface area contributed by atoms with E-state index in [0.717, 1.165) is 50.8 Å². The van der Waals surface area contributed by atoms with E-state index in [1.54, 1.807) is 0 Å². The van der Waals surface area contributed by atoms with Crippen molar-refractivity contribution in [2.45, 2.75) is 45.4 Å². The number of hydrogen-bond acceptors (Lipinski definition) is 3. The minimum Gasteiger partial charge on any atom is -0.455 e. The van der Waals surface area contributed by atoms with Gasteiger partial charge in [-0.1, -0.05) is 30.3 Å². The number of rotatable bonds is 3. The van der Waals surface area contributed by atoms with Crippen molar-refractivity contribution in [2.24, 2.45) is 5.92 Å². The first-order valence-electron chi connectivity index (χ1n) is 9.62. The number of likely N-dealkylation sites (tertiary alicyclic amines) is 1. The first-order chi connectivity index (χ1) is 12.6. The van der Waals surface area contributed by atoms with E-state index >= 15 is 0 Å². The maximum absolute atomic E-state index is 12.9. The van der Waals surface area contributed by atoms with Crippen molar-refractivity contribution in [2.75, 3.05) is 13.1 Å². The van der Waals surface area contributed by atoms with E-state index in [4.69, 9.17) is 4.42 Å². The third kappa shape index (κ3) is 3.20. The summed E-state index contributed by atoms with van der Waals surface area (Å²) in [5.41, 5.74) is 2.77. The molecule has 4 nitrogen and oxygen atoms in total. The SMILES string of the molecule is Cc1c(C(=O)N2CCC(Cc3ccccc3)CC2)oc2c1C(=O)CCC2. The van der Waals surface area contributed by atoms with Crippen LogP contribution in [-0.4, -0.2) is 29.7 Å². The largest absolute Gasteiger partial charge is 0.455 e. The molecule has 0 N–H and O–H groups in total. The van der Waals surface area contributed by atoms with Crippen LogP contribution >= 0.6 is 0 Å². The van der Waals surface area contributed by atoms with E-state index in [1.165, 1.54) is 5.56 Å². The molecule has 1 amide bonds. The zero-order chi connectivity index (χ0) is 18.1. The molecule has 0 radical (unpaired) electrons. The van der Waals surface area contributed by atoms with Crippen LogP contribution in [0.3, 0.4) is 0 Å². The van der Waals surface area contributed by atoms with Gasteiger partial charge < -0.3 is 9.32 Å². The van der Waals surface area contributed by atoms with Crippen LogP contribution in [0.1, 0.15) is 63.5 Å². The first-order valence-corrected chi connectivity index (χ1v) is 9.62. The molecule has 0 spiro atoms. The van der Waals surface area contributed by atoms with Crippen molar-refractivity contribution in [1.29, 1.82) is 0 Å². The molecule has 4 rings (SSSR count). The summed E-state index contributed by atoms with van der Waals surface area (Å²) in [5, 5.41) is 0. The van der Waals surface area contributed by atoms with Gasteiger partial charge in [-0.25, -0.2) is 0 Å². The van der Waals surface area contributed by atoms with Crippen LogP contribution < -0.4 is 0 Å². The van der Waals surface area contributed by atoms with Crippen LogP contribution in [0, 0.1) is 12.8 Å². The Bertz CT molecular complexity index is 813. The maximum atomic E-state index is 12.9. The summed E-state index contributed by atoms with van der Waals surface area (Å²) in [6.45, 7) is 3.37. The second kappa shape index (κ2) is 7.10. The van der Waals surface area contributed by atoms with E-state index in [9.17, 15) is 9.59 Å². The van der Waals surface area contributed by atoms with Crippen LogP contribution in [0.2, 0.25) is 0 Å². The molecule has 1 saturated heterocycles. The molecule has 1 aliphatic heterocycles. The molecule has 2 aromatic rings. The van der Waals surface area contributed by atoms with Gasteiger partial charge in [-0.3, -0.25) is 9.59 Å². The number of aryl methyl sites for hydroxylation is 1. The molecule has 0 atom stereocenters. The summed E-state index contributed by atoms with van der Waals surface area (Å²) in [7, 11) is 0. The van der Waals surface area contributed by atoms with Crippen molar-refractivity contribution in [3.63, 3.8) is 0 Å². The molecule has 1 fully saturated rings. The van der Waals surface area contributed by atoms with Crippen LogP contribution in [-0.2, 0) is 12.8 Å². The Kier molecular flexibility index (Phi) is 4.66. The smallest absolute Gasteiger partial charge is 0.289 e. The van der Waals surface area contributed by atoms with Gasteiger partial charge in [-0.2, -0.15) is 0 Å². The lowest BCUT2D eigenvalue weighted by Gasteiger charge is -2.31. The van der Waals surface area contributed by atoms with Gasteiger partial charge in [0, 0.05) is 31.5 Å². The monoisotopic (exact) mass is 351 g/mol. The zero-order valence-electron chi connectivity index (χ0n) is 15.3. The Morgan fingerprint density at radius 3 is 2.58 bits per heavy atom. The number of hydrogen-bond donors (Lipinski definition) is 0. The zero-order valence-corrected chi connectivity index (χ0v) is 15.3. The third-order valence-electron chi connectivity index (χ3n) is 5.77. The van der Waals surface area contributed by atoms with Gasteiger partial charge in [0.05, 0.1) is 5.56 Å². The summed E-state index contributed by atoms with van der Waals surface area (Å²) >= 11 is 0. The standard InChI is InChI=1S/C22H25NO3/c1-15-20-18(24)8-5-9-19(20)26-21(15)22(25)23-12-10-17(11-13-23)14-16-6-3-2-4-7-16/h2-4,6-7,17H,5,8-14H2,1H3. The second-order valence-corrected chi connectivity index (χ2v) is 7.56. The number of nitrogens with zero attached hydrogens (tertiary/aromatic N) is 1. The van der Waals surface area contributed by atoms with Crippen LogP contribution in [0.4, 0.5) is 0 Å². The van der Waals surface area contributed by atoms with Gasteiger partial charge in [0.25, 0.3) is 5.91 Å². The number of Topliss-reactive ketones (excluding diaryl/α,β-unsaturated/α-hetero) is 1. The molecule has 26 heavy (non-hydrogen) atoms. The Morgan fingerprint density at radius 1 is 1.15 bits per heavy atom. The van der Waals surface area contributed by atoms with Crippen molar-refractivity contribution in [3.05, 3.63) is 58.5 Å². The minimum atomic E-state index is -0.0529. The molecule has 0 bridgehead atoms. The van der Waals surface area contributed by atoms with Gasteiger partial charge in [0.15, 0.2) is 11.5 Å². The van der Waals surface area contributed by atoms with Crippen molar-refractivity contribution >= 4 is 11.7 Å². The summed E-state index contributed by atoms with van der Waals surface area (Å²) in [5.74, 6) is 1.78. The van der Waals surface area contributed by atoms with E-state index < -0.39 is 0 Å². The number of fused-ring (bicyclic) bond motifs is 1. The van der Waals surface area contributed by atoms with Crippen molar-refractivity contribution in [1.82, 2.24) is 4.90 Å². The molecule has 1 aromatic carbocycles. The van der Waals surface area contributed by atoms with E-state index in [0.29, 0.717) is 29.4 Å². The lowest BCUT2D eigenvalue weighted by Crippen LogP contribution is -2.39. The Hall–Kier alpha value is -2.36. The average Bonchev–Trinajstić information content (AvgIpc) is 3.01. The summed E-state index contributed by atoms with van der Waals surface area (Å²) in [6.07, 6.45) is 5.24. The van der Waals surface area contributed by atoms with E-state index in [1.807, 2.05) is 17.9 Å². The number of carbonyl (C=O) groups excluding carboxylic acids is 2. The summed E-state index contributed by atoms with van der Waals surface area (Å²) < 4.78 is 5.83. The molecule has 1 aliphatic carbocycles. The van der Waals surface area contributed by atoms with Gasteiger partial charge in [-0.05, 0) is 44.1 Å². The lowest BCUT2D eigenvalue weighted by atomic mass is 9.90. The molecule has 2 heterocycles. The minimum absolute atomic E-state index is 0.0529. The van der Waals surface area contributed by atoms with E-state index in [-0.39, 0.29) is 11.7 Å². The fraction of sp³-hybridized carbons (Fsp3) is 0.455.